The number of carbonyl (C=O) groups excluding carboxylic acids is 1. The van der Waals surface area contributed by atoms with Gasteiger partial charge < -0.3 is 0 Å². The van der Waals surface area contributed by atoms with Crippen molar-refractivity contribution in [3.05, 3.63) is 0 Å². The highest BCUT2D eigenvalue weighted by Crippen LogP contribution is 1.89. The third kappa shape index (κ3) is 6.25. The van der Waals surface area contributed by atoms with Gasteiger partial charge in [0.15, 0.2) is 0 Å². The Bertz CT molecular complexity index is 63.4. The zero-order valence-electron chi connectivity index (χ0n) is 4.82. The van der Waals surface area contributed by atoms with Gasteiger partial charge in [-0.05, 0) is 0 Å². The second kappa shape index (κ2) is 7.25. The van der Waals surface area contributed by atoms with Crippen molar-refractivity contribution < 1.29 is 4.79 Å². The Hall–Kier alpha value is 0.250. The maximum Gasteiger partial charge on any atom is 0.133 e. The van der Waals surface area contributed by atoms with E-state index in [0.717, 1.165) is 0 Å². The predicted molar refractivity (Wildman–Crippen MR) is 37.9 cm³/mol. The first kappa shape index (κ1) is 11.1. The van der Waals surface area contributed by atoms with Gasteiger partial charge >= 0.3 is 0 Å². The van der Waals surface area contributed by atoms with E-state index in [-0.39, 0.29) is 18.2 Å². The Morgan fingerprint density at radius 1 is 1.62 bits per heavy atom. The van der Waals surface area contributed by atoms with E-state index in [9.17, 15) is 4.79 Å². The molecule has 0 spiro atoms. The fourth-order valence-corrected chi connectivity index (χ4v) is 0.493. The summed E-state index contributed by atoms with van der Waals surface area (Å²) in [5.74, 6) is 0.710. The van der Waals surface area contributed by atoms with Crippen molar-refractivity contribution in [2.75, 3.05) is 5.88 Å². The molecule has 0 unspecified atom stereocenters. The van der Waals surface area contributed by atoms with E-state index in [1.807, 2.05) is 6.92 Å². The molecule has 0 bridgehead atoms. The quantitative estimate of drug-likeness (QED) is 0.572. The first-order chi connectivity index (χ1) is 3.31. The Kier molecular flexibility index (Phi) is 10.1. The summed E-state index contributed by atoms with van der Waals surface area (Å²) in [6.07, 6.45) is 1.14. The monoisotopic (exact) mass is 156 g/mol. The molecule has 0 amide bonds. The number of hydrogen-bond donors (Lipinski definition) is 0. The van der Waals surface area contributed by atoms with E-state index in [0.29, 0.717) is 18.7 Å². The van der Waals surface area contributed by atoms with Crippen LogP contribution in [0.1, 0.15) is 19.8 Å². The van der Waals surface area contributed by atoms with E-state index in [2.05, 4.69) is 0 Å². The van der Waals surface area contributed by atoms with E-state index in [1.165, 1.54) is 0 Å². The molecule has 0 rings (SSSR count). The summed E-state index contributed by atoms with van der Waals surface area (Å²) in [4.78, 5) is 10.3. The Labute approximate surface area is 60.8 Å². The minimum absolute atomic E-state index is 0. The number of halogens is 2. The Morgan fingerprint density at radius 3 is 2.25 bits per heavy atom. The molecule has 50 valence electrons. The maximum atomic E-state index is 10.3. The van der Waals surface area contributed by atoms with Gasteiger partial charge in [0.2, 0.25) is 0 Å². The van der Waals surface area contributed by atoms with E-state index in [1.54, 1.807) is 0 Å². The van der Waals surface area contributed by atoms with Crippen LogP contribution < -0.4 is 0 Å². The molecule has 0 radical (unpaired) electrons. The van der Waals surface area contributed by atoms with Crippen LogP contribution in [0, 0.1) is 0 Å². The van der Waals surface area contributed by atoms with Gasteiger partial charge in [0.05, 0.1) is 0 Å². The molecule has 0 N–H and O–H groups in total. The average Bonchev–Trinajstić information content (AvgIpc) is 1.68. The number of hydrogen-bond acceptors (Lipinski definition) is 1. The van der Waals surface area contributed by atoms with Gasteiger partial charge in [-0.2, -0.15) is 0 Å². The number of Topliss-reactive ketones (excluding diaryl/α,β-unsaturated/α-hetero) is 1. The molecular weight excluding hydrogens is 147 g/mol. The summed E-state index contributed by atoms with van der Waals surface area (Å²) in [6, 6.07) is 0. The van der Waals surface area contributed by atoms with Gasteiger partial charge in [0.1, 0.15) is 5.78 Å². The molecule has 0 aliphatic carbocycles. The van der Waals surface area contributed by atoms with Gasteiger partial charge in [0, 0.05) is 18.7 Å². The minimum atomic E-state index is 0. The van der Waals surface area contributed by atoms with Crippen molar-refractivity contribution in [1.29, 1.82) is 0 Å². The minimum Gasteiger partial charge on any atom is -0.300 e. The molecule has 3 heteroatoms. The van der Waals surface area contributed by atoms with Crippen LogP contribution in [-0.4, -0.2) is 11.7 Å². The molecule has 0 saturated heterocycles. The van der Waals surface area contributed by atoms with E-state index >= 15 is 0 Å². The normalized spacial score (nSPS) is 7.75. The van der Waals surface area contributed by atoms with Gasteiger partial charge in [-0.1, -0.05) is 6.92 Å². The van der Waals surface area contributed by atoms with Crippen LogP contribution in [0.2, 0.25) is 0 Å². The third-order valence-corrected chi connectivity index (χ3v) is 0.957. The Balaban J connectivity index is 0. The van der Waals surface area contributed by atoms with Crippen LogP contribution in [0.25, 0.3) is 0 Å². The molecule has 0 heterocycles. The topological polar surface area (TPSA) is 17.1 Å². The van der Waals surface area contributed by atoms with Gasteiger partial charge in [0.25, 0.3) is 0 Å². The van der Waals surface area contributed by atoms with Crippen LogP contribution in [0.5, 0.6) is 0 Å². The molecule has 0 aromatic rings. The van der Waals surface area contributed by atoms with E-state index < -0.39 is 0 Å². The summed E-state index contributed by atoms with van der Waals surface area (Å²) in [5.41, 5.74) is 0. The smallest absolute Gasteiger partial charge is 0.133 e. The van der Waals surface area contributed by atoms with Crippen molar-refractivity contribution in [2.24, 2.45) is 0 Å². The highest BCUT2D eigenvalue weighted by molar-refractivity contribution is 6.18. The maximum absolute atomic E-state index is 10.3. The standard InChI is InChI=1S/C5H9ClO.ClH/c1-2-5(7)3-4-6;/h2-4H2,1H3;1H. The van der Waals surface area contributed by atoms with Crippen molar-refractivity contribution in [2.45, 2.75) is 19.8 Å². The van der Waals surface area contributed by atoms with Crippen LogP contribution in [-0.2, 0) is 4.79 Å². The second-order valence-corrected chi connectivity index (χ2v) is 1.71. The summed E-state index contributed by atoms with van der Waals surface area (Å²) >= 11 is 5.25. The zero-order valence-corrected chi connectivity index (χ0v) is 6.39. The third-order valence-electron chi connectivity index (χ3n) is 0.768. The number of carbonyl (C=O) groups is 1. The van der Waals surface area contributed by atoms with Crippen LogP contribution in [0.4, 0.5) is 0 Å². The van der Waals surface area contributed by atoms with Crippen LogP contribution in [0.3, 0.4) is 0 Å². The molecule has 8 heavy (non-hydrogen) atoms. The van der Waals surface area contributed by atoms with Crippen LogP contribution >= 0.6 is 24.0 Å². The summed E-state index contributed by atoms with van der Waals surface area (Å²) < 4.78 is 0. The number of rotatable bonds is 3. The van der Waals surface area contributed by atoms with Gasteiger partial charge in [-0.15, -0.1) is 24.0 Å². The van der Waals surface area contributed by atoms with Gasteiger partial charge in [-0.25, -0.2) is 0 Å². The highest BCUT2D eigenvalue weighted by Gasteiger charge is 1.92. The summed E-state index contributed by atoms with van der Waals surface area (Å²) in [7, 11) is 0. The van der Waals surface area contributed by atoms with Crippen LogP contribution in [0.15, 0.2) is 0 Å². The van der Waals surface area contributed by atoms with Crippen molar-refractivity contribution >= 4 is 29.8 Å². The Morgan fingerprint density at radius 2 is 2.12 bits per heavy atom. The SMILES string of the molecule is CCC(=O)CCCl.Cl. The summed E-state index contributed by atoms with van der Waals surface area (Å²) in [5, 5.41) is 0. The van der Waals surface area contributed by atoms with Crippen molar-refractivity contribution in [3.63, 3.8) is 0 Å². The molecule has 0 aliphatic heterocycles. The number of ketones is 1. The molecule has 0 atom stereocenters. The molecule has 1 nitrogen and oxygen atoms in total. The lowest BCUT2D eigenvalue weighted by Gasteiger charge is -1.85. The van der Waals surface area contributed by atoms with E-state index in [4.69, 9.17) is 11.6 Å². The first-order valence-corrected chi connectivity index (χ1v) is 2.92. The first-order valence-electron chi connectivity index (χ1n) is 2.39. The fourth-order valence-electron chi connectivity index (χ4n) is 0.282. The fraction of sp³-hybridized carbons (Fsp3) is 0.800. The van der Waals surface area contributed by atoms with Crippen molar-refractivity contribution in [1.82, 2.24) is 0 Å². The lowest BCUT2D eigenvalue weighted by atomic mass is 10.2. The zero-order chi connectivity index (χ0) is 5.70. The highest BCUT2D eigenvalue weighted by atomic mass is 35.5. The van der Waals surface area contributed by atoms with Crippen molar-refractivity contribution in [3.8, 4) is 0 Å². The molecule has 0 fully saturated rings. The molecule has 0 saturated carbocycles. The second-order valence-electron chi connectivity index (χ2n) is 1.33. The molecule has 0 aliphatic rings. The van der Waals surface area contributed by atoms with Gasteiger partial charge in [-0.3, -0.25) is 4.79 Å². The molecule has 0 aromatic heterocycles. The summed E-state index contributed by atoms with van der Waals surface area (Å²) in [6.45, 7) is 1.84. The lowest BCUT2D eigenvalue weighted by Crippen LogP contribution is -1.93. The predicted octanol–water partition coefficient (Wildman–Crippen LogP) is 2.02. The molecule has 0 aromatic carbocycles. The average molecular weight is 157 g/mol. The largest absolute Gasteiger partial charge is 0.300 e. The number of alkyl halides is 1. The lowest BCUT2D eigenvalue weighted by molar-refractivity contribution is -0.118. The molecular formula is C5H10Cl2O.